The van der Waals surface area contributed by atoms with Crippen LogP contribution >= 0.6 is 11.8 Å². The van der Waals surface area contributed by atoms with E-state index in [4.69, 9.17) is 0 Å². The van der Waals surface area contributed by atoms with Crippen LogP contribution in [0, 0.1) is 11.7 Å². The minimum absolute atomic E-state index is 0.0682. The third-order valence-corrected chi connectivity index (χ3v) is 4.21. The van der Waals surface area contributed by atoms with Crippen molar-refractivity contribution >= 4 is 47.5 Å². The molecule has 1 unspecified atom stereocenters. The van der Waals surface area contributed by atoms with Crippen LogP contribution in [-0.2, 0) is 14.4 Å². The lowest BCUT2D eigenvalue weighted by atomic mass is 10.1. The fourth-order valence-electron chi connectivity index (χ4n) is 2.23. The maximum Gasteiger partial charge on any atom is 0.335 e. The molecule has 1 saturated heterocycles. The van der Waals surface area contributed by atoms with Crippen molar-refractivity contribution < 1.29 is 28.7 Å². The van der Waals surface area contributed by atoms with Crippen molar-refractivity contribution in [2.45, 2.75) is 12.5 Å². The molecule has 1 aromatic rings. The molecule has 0 aliphatic carbocycles. The number of barbiturate groups is 1. The highest BCUT2D eigenvalue weighted by Crippen LogP contribution is 2.20. The Kier molecular flexibility index (Phi) is 6.45. The van der Waals surface area contributed by atoms with E-state index in [1.807, 2.05) is 5.32 Å². The number of carbonyl (C=O) groups excluding carboxylic acids is 4. The molecule has 1 heterocycles. The van der Waals surface area contributed by atoms with E-state index in [9.17, 15) is 28.7 Å². The highest BCUT2D eigenvalue weighted by Gasteiger charge is 2.40. The lowest BCUT2D eigenvalue weighted by Gasteiger charge is -2.28. The van der Waals surface area contributed by atoms with Gasteiger partial charge in [-0.2, -0.15) is 11.8 Å². The van der Waals surface area contributed by atoms with Gasteiger partial charge in [0.15, 0.2) is 5.92 Å². The SMILES string of the molecule is CSCC[C@H](N=CC1C(=O)NC(=O)N(c2ccc(F)cc2)C1=O)C(=O)[O-]. The molecule has 0 radical (unpaired) electrons. The van der Waals surface area contributed by atoms with Crippen LogP contribution in [0.2, 0.25) is 0 Å². The molecule has 0 aromatic heterocycles. The van der Waals surface area contributed by atoms with Crippen molar-refractivity contribution in [3.8, 4) is 0 Å². The van der Waals surface area contributed by atoms with E-state index in [1.54, 1.807) is 6.26 Å². The Labute approximate surface area is 152 Å². The van der Waals surface area contributed by atoms with E-state index < -0.39 is 41.6 Å². The van der Waals surface area contributed by atoms with E-state index in [1.165, 1.54) is 23.9 Å². The molecule has 0 saturated carbocycles. The fraction of sp³-hybridized carbons (Fsp3) is 0.312. The number of urea groups is 1. The predicted molar refractivity (Wildman–Crippen MR) is 91.2 cm³/mol. The van der Waals surface area contributed by atoms with Crippen LogP contribution in [0.5, 0.6) is 0 Å². The summed E-state index contributed by atoms with van der Waals surface area (Å²) < 4.78 is 13.0. The van der Waals surface area contributed by atoms with Crippen molar-refractivity contribution in [2.24, 2.45) is 10.9 Å². The number of aliphatic carboxylic acids is 1. The van der Waals surface area contributed by atoms with Gasteiger partial charge >= 0.3 is 6.03 Å². The smallest absolute Gasteiger partial charge is 0.335 e. The fourth-order valence-corrected chi connectivity index (χ4v) is 2.69. The van der Waals surface area contributed by atoms with Crippen molar-refractivity contribution in [2.75, 3.05) is 16.9 Å². The van der Waals surface area contributed by atoms with E-state index in [-0.39, 0.29) is 12.1 Å². The molecule has 0 spiro atoms. The summed E-state index contributed by atoms with van der Waals surface area (Å²) in [6.07, 6.45) is 2.87. The number of hydrogen-bond acceptors (Lipinski definition) is 7. The standard InChI is InChI=1S/C16H16FN3O5S/c1-26-7-6-12(15(23)24)18-8-11-13(21)19-16(25)20(14(11)22)10-4-2-9(17)3-5-10/h2-5,8,11-12H,6-7H2,1H3,(H,23,24)(H,19,21,25)/p-1/t11?,12-/m0/s1. The van der Waals surface area contributed by atoms with Gasteiger partial charge in [-0.1, -0.05) is 0 Å². The number of thioether (sulfide) groups is 1. The normalized spacial score (nSPS) is 18.9. The first kappa shape index (κ1) is 19.6. The molecule has 0 bridgehead atoms. The lowest BCUT2D eigenvalue weighted by Crippen LogP contribution is -2.58. The number of anilines is 1. The Morgan fingerprint density at radius 3 is 2.62 bits per heavy atom. The molecule has 1 aromatic carbocycles. The quantitative estimate of drug-likeness (QED) is 0.524. The second kappa shape index (κ2) is 8.56. The number of nitrogens with zero attached hydrogens (tertiary/aromatic N) is 2. The van der Waals surface area contributed by atoms with Crippen LogP contribution in [0.1, 0.15) is 6.42 Å². The lowest BCUT2D eigenvalue weighted by molar-refractivity contribution is -0.307. The number of benzene rings is 1. The van der Waals surface area contributed by atoms with Gasteiger partial charge in [-0.05, 0) is 42.7 Å². The van der Waals surface area contributed by atoms with Crippen molar-refractivity contribution in [3.05, 3.63) is 30.1 Å². The third kappa shape index (κ3) is 4.45. The molecule has 1 aliphatic heterocycles. The maximum atomic E-state index is 13.0. The van der Waals surface area contributed by atoms with Crippen molar-refractivity contribution in [1.82, 2.24) is 5.32 Å². The number of carbonyl (C=O) groups is 4. The van der Waals surface area contributed by atoms with Gasteiger partial charge in [-0.3, -0.25) is 19.9 Å². The van der Waals surface area contributed by atoms with Gasteiger partial charge < -0.3 is 9.90 Å². The van der Waals surface area contributed by atoms with Gasteiger partial charge in [0.25, 0.3) is 5.91 Å². The largest absolute Gasteiger partial charge is 0.548 e. The van der Waals surface area contributed by atoms with Crippen molar-refractivity contribution in [1.29, 1.82) is 0 Å². The van der Waals surface area contributed by atoms with E-state index in [0.29, 0.717) is 10.7 Å². The van der Waals surface area contributed by atoms with Crippen LogP contribution in [0.15, 0.2) is 29.3 Å². The monoisotopic (exact) mass is 380 g/mol. The molecule has 4 amide bonds. The van der Waals surface area contributed by atoms with Crippen LogP contribution in [-0.4, -0.2) is 48.1 Å². The molecule has 26 heavy (non-hydrogen) atoms. The van der Waals surface area contributed by atoms with Gasteiger partial charge in [-0.15, -0.1) is 0 Å². The Balaban J connectivity index is 2.24. The van der Waals surface area contributed by atoms with Gasteiger partial charge in [0.1, 0.15) is 5.82 Å². The minimum atomic E-state index is -1.48. The molecule has 1 aliphatic rings. The van der Waals surface area contributed by atoms with Crippen LogP contribution in [0.4, 0.5) is 14.9 Å². The van der Waals surface area contributed by atoms with E-state index in [0.717, 1.165) is 18.3 Å². The van der Waals surface area contributed by atoms with Crippen molar-refractivity contribution in [3.63, 3.8) is 0 Å². The Bertz CT molecular complexity index is 753. The van der Waals surface area contributed by atoms with Gasteiger partial charge in [0, 0.05) is 6.21 Å². The molecule has 1 N–H and O–H groups in total. The first-order valence-corrected chi connectivity index (χ1v) is 8.92. The number of amides is 4. The number of halogens is 1. The number of rotatable bonds is 7. The third-order valence-electron chi connectivity index (χ3n) is 3.57. The highest BCUT2D eigenvalue weighted by molar-refractivity contribution is 7.98. The number of carboxylic acid groups (broad SMARTS) is 1. The summed E-state index contributed by atoms with van der Waals surface area (Å²) >= 11 is 1.41. The van der Waals surface area contributed by atoms with Gasteiger partial charge in [0.2, 0.25) is 5.91 Å². The summed E-state index contributed by atoms with van der Waals surface area (Å²) in [4.78, 5) is 52.0. The average Bonchev–Trinajstić information content (AvgIpc) is 2.58. The predicted octanol–water partition coefficient (Wildman–Crippen LogP) is -0.0329. The van der Waals surface area contributed by atoms with Crippen LogP contribution in [0.25, 0.3) is 0 Å². The molecule has 8 nitrogen and oxygen atoms in total. The second-order valence-electron chi connectivity index (χ2n) is 5.34. The Morgan fingerprint density at radius 2 is 2.04 bits per heavy atom. The van der Waals surface area contributed by atoms with Gasteiger partial charge in [-0.25, -0.2) is 14.1 Å². The zero-order valence-electron chi connectivity index (χ0n) is 13.7. The molecule has 10 heteroatoms. The summed E-state index contributed by atoms with van der Waals surface area (Å²) in [5.74, 6) is -4.78. The summed E-state index contributed by atoms with van der Waals surface area (Å²) in [5.41, 5.74) is 0.0682. The van der Waals surface area contributed by atoms with Crippen LogP contribution < -0.4 is 15.3 Å². The van der Waals surface area contributed by atoms with E-state index in [2.05, 4.69) is 4.99 Å². The number of carboxylic acids is 1. The van der Waals surface area contributed by atoms with Crippen LogP contribution in [0.3, 0.4) is 0 Å². The Morgan fingerprint density at radius 1 is 1.38 bits per heavy atom. The molecular weight excluding hydrogens is 365 g/mol. The molecule has 2 atom stereocenters. The summed E-state index contributed by atoms with van der Waals surface area (Å²) in [5, 5.41) is 13.1. The number of hydrogen-bond donors (Lipinski definition) is 1. The summed E-state index contributed by atoms with van der Waals surface area (Å²) in [6.45, 7) is 0. The highest BCUT2D eigenvalue weighted by atomic mass is 32.2. The first-order chi connectivity index (χ1) is 12.3. The average molecular weight is 380 g/mol. The minimum Gasteiger partial charge on any atom is -0.548 e. The molecule has 2 rings (SSSR count). The summed E-state index contributed by atoms with van der Waals surface area (Å²) in [6, 6.07) is 2.35. The second-order valence-corrected chi connectivity index (χ2v) is 6.32. The molecular formula is C16H15FN3O5S-. The topological polar surface area (TPSA) is 119 Å². The Hall–Kier alpha value is -2.75. The van der Waals surface area contributed by atoms with Gasteiger partial charge in [0.05, 0.1) is 17.7 Å². The zero-order valence-corrected chi connectivity index (χ0v) is 14.5. The summed E-state index contributed by atoms with van der Waals surface area (Å²) in [7, 11) is 0. The number of nitrogens with one attached hydrogen (secondary N) is 1. The maximum absolute atomic E-state index is 13.0. The zero-order chi connectivity index (χ0) is 19.3. The van der Waals surface area contributed by atoms with E-state index >= 15 is 0 Å². The molecule has 1 fully saturated rings. The number of aliphatic imine (C=N–C) groups is 1. The first-order valence-electron chi connectivity index (χ1n) is 7.52. The number of imide groups is 2. The molecule has 138 valence electrons.